The monoisotopic (exact) mass is 285 g/mol. The van der Waals surface area contributed by atoms with Crippen LogP contribution in [0.25, 0.3) is 0 Å². The number of amides is 1. The average Bonchev–Trinajstić information content (AvgIpc) is 2.39. The molecule has 0 radical (unpaired) electrons. The minimum atomic E-state index is -3.53. The Morgan fingerprint density at radius 2 is 1.89 bits per heavy atom. The first kappa shape index (κ1) is 15.6. The molecule has 0 spiro atoms. The van der Waals surface area contributed by atoms with Gasteiger partial charge in [0.25, 0.3) is 0 Å². The molecule has 1 amide bonds. The third kappa shape index (κ3) is 3.76. The van der Waals surface area contributed by atoms with Crippen molar-refractivity contribution in [2.24, 2.45) is 0 Å². The highest BCUT2D eigenvalue weighted by Crippen LogP contribution is 2.20. The van der Waals surface area contributed by atoms with Crippen LogP contribution in [0.3, 0.4) is 0 Å². The van der Waals surface area contributed by atoms with Gasteiger partial charge in [-0.15, -0.1) is 0 Å². The molecule has 1 aromatic carbocycles. The van der Waals surface area contributed by atoms with Crippen molar-refractivity contribution in [2.75, 3.05) is 19.4 Å². The van der Waals surface area contributed by atoms with Crippen molar-refractivity contribution in [1.29, 1.82) is 0 Å². The lowest BCUT2D eigenvalue weighted by Crippen LogP contribution is -2.35. The normalized spacial score (nSPS) is 13.1. The molecule has 0 aliphatic heterocycles. The largest absolute Gasteiger partial charge is 0.325 e. The predicted molar refractivity (Wildman–Crippen MR) is 74.6 cm³/mol. The summed E-state index contributed by atoms with van der Waals surface area (Å²) in [5.74, 6) is -0.223. The Bertz CT molecular complexity index is 570. The molecule has 0 aromatic heterocycles. The van der Waals surface area contributed by atoms with Crippen molar-refractivity contribution < 1.29 is 13.2 Å². The Hall–Kier alpha value is -1.44. The number of hydrogen-bond donors (Lipinski definition) is 3. The molecule has 1 unspecified atom stereocenters. The van der Waals surface area contributed by atoms with Crippen molar-refractivity contribution in [3.05, 3.63) is 23.8 Å². The molecule has 0 saturated carbocycles. The summed E-state index contributed by atoms with van der Waals surface area (Å²) in [7, 11) is -0.503. The number of sulfonamides is 1. The second-order valence-electron chi connectivity index (χ2n) is 4.19. The maximum Gasteiger partial charge on any atom is 0.241 e. The highest BCUT2D eigenvalue weighted by molar-refractivity contribution is 7.89. The number of anilines is 1. The van der Waals surface area contributed by atoms with Gasteiger partial charge in [0.2, 0.25) is 15.9 Å². The van der Waals surface area contributed by atoms with Gasteiger partial charge >= 0.3 is 0 Å². The maximum absolute atomic E-state index is 11.8. The van der Waals surface area contributed by atoms with Crippen molar-refractivity contribution in [2.45, 2.75) is 24.8 Å². The van der Waals surface area contributed by atoms with E-state index < -0.39 is 10.0 Å². The van der Waals surface area contributed by atoms with Crippen LogP contribution < -0.4 is 15.4 Å². The van der Waals surface area contributed by atoms with Gasteiger partial charge in [0.1, 0.15) is 0 Å². The van der Waals surface area contributed by atoms with Crippen molar-refractivity contribution in [1.82, 2.24) is 10.0 Å². The molecule has 0 aliphatic rings. The predicted octanol–water partition coefficient (Wildman–Crippen LogP) is 0.450. The van der Waals surface area contributed by atoms with Crippen LogP contribution in [-0.4, -0.2) is 34.5 Å². The molecule has 0 saturated heterocycles. The lowest BCUT2D eigenvalue weighted by molar-refractivity contribution is -0.117. The fourth-order valence-corrected chi connectivity index (χ4v) is 2.45. The van der Waals surface area contributed by atoms with E-state index in [1.165, 1.54) is 13.1 Å². The van der Waals surface area contributed by atoms with Crippen LogP contribution in [-0.2, 0) is 14.8 Å². The molecule has 1 aromatic rings. The molecular formula is C12H19N3O3S. The van der Waals surface area contributed by atoms with Gasteiger partial charge < -0.3 is 10.6 Å². The van der Waals surface area contributed by atoms with Gasteiger partial charge in [-0.2, -0.15) is 0 Å². The van der Waals surface area contributed by atoms with Crippen LogP contribution in [0.5, 0.6) is 0 Å². The van der Waals surface area contributed by atoms with Gasteiger partial charge in [0.15, 0.2) is 0 Å². The van der Waals surface area contributed by atoms with Crippen molar-refractivity contribution in [3.63, 3.8) is 0 Å². The fraction of sp³-hybridized carbons (Fsp3) is 0.417. The van der Waals surface area contributed by atoms with E-state index in [9.17, 15) is 13.2 Å². The van der Waals surface area contributed by atoms with Gasteiger partial charge in [-0.05, 0) is 45.6 Å². The zero-order valence-corrected chi connectivity index (χ0v) is 12.3. The number of carbonyl (C=O) groups is 1. The number of rotatable bonds is 5. The standard InChI is InChI=1S/C12H19N3O3S/c1-8-5-6-10(15-12(16)9(2)13-3)7-11(8)19(17,18)14-4/h5-7,9,13-14H,1-4H3,(H,15,16). The lowest BCUT2D eigenvalue weighted by atomic mass is 10.2. The molecule has 0 bridgehead atoms. The Kier molecular flexibility index (Phi) is 5.04. The van der Waals surface area contributed by atoms with E-state index in [4.69, 9.17) is 0 Å². The smallest absolute Gasteiger partial charge is 0.241 e. The second-order valence-corrected chi connectivity index (χ2v) is 6.04. The number of aryl methyl sites for hydroxylation is 1. The van der Waals surface area contributed by atoms with E-state index in [1.54, 1.807) is 33.0 Å². The van der Waals surface area contributed by atoms with Gasteiger partial charge in [-0.25, -0.2) is 13.1 Å². The molecule has 0 aliphatic carbocycles. The molecule has 0 fully saturated rings. The van der Waals surface area contributed by atoms with E-state index in [0.717, 1.165) is 0 Å². The Morgan fingerprint density at radius 1 is 1.26 bits per heavy atom. The number of hydrogen-bond acceptors (Lipinski definition) is 4. The average molecular weight is 285 g/mol. The summed E-state index contributed by atoms with van der Waals surface area (Å²) in [6.45, 7) is 3.42. The minimum absolute atomic E-state index is 0.157. The first-order valence-electron chi connectivity index (χ1n) is 5.84. The minimum Gasteiger partial charge on any atom is -0.325 e. The number of nitrogens with one attached hydrogen (secondary N) is 3. The summed E-state index contributed by atoms with van der Waals surface area (Å²) in [5.41, 5.74) is 1.07. The quantitative estimate of drug-likeness (QED) is 0.733. The topological polar surface area (TPSA) is 87.3 Å². The SMILES string of the molecule is CNC(C)C(=O)Nc1ccc(C)c(S(=O)(=O)NC)c1. The van der Waals surface area contributed by atoms with Gasteiger partial charge in [-0.3, -0.25) is 4.79 Å². The van der Waals surface area contributed by atoms with Crippen LogP contribution in [0.1, 0.15) is 12.5 Å². The highest BCUT2D eigenvalue weighted by atomic mass is 32.2. The zero-order valence-electron chi connectivity index (χ0n) is 11.4. The molecule has 0 heterocycles. The Morgan fingerprint density at radius 3 is 2.42 bits per heavy atom. The first-order valence-corrected chi connectivity index (χ1v) is 7.32. The van der Waals surface area contributed by atoms with Gasteiger partial charge in [0, 0.05) is 5.69 Å². The molecule has 7 heteroatoms. The van der Waals surface area contributed by atoms with Gasteiger partial charge in [0.05, 0.1) is 10.9 Å². The lowest BCUT2D eigenvalue weighted by Gasteiger charge is -2.13. The summed E-state index contributed by atoms with van der Waals surface area (Å²) in [6, 6.07) is 4.42. The van der Waals surface area contributed by atoms with Crippen LogP contribution in [0.4, 0.5) is 5.69 Å². The summed E-state index contributed by atoms with van der Waals surface area (Å²) >= 11 is 0. The van der Waals surface area contributed by atoms with Crippen LogP contribution >= 0.6 is 0 Å². The summed E-state index contributed by atoms with van der Waals surface area (Å²) in [4.78, 5) is 11.9. The third-order valence-electron chi connectivity index (χ3n) is 2.84. The highest BCUT2D eigenvalue weighted by Gasteiger charge is 2.16. The second kappa shape index (κ2) is 6.14. The van der Waals surface area contributed by atoms with Crippen LogP contribution in [0.2, 0.25) is 0 Å². The van der Waals surface area contributed by atoms with Crippen molar-refractivity contribution >= 4 is 21.6 Å². The number of benzene rings is 1. The molecule has 1 atom stereocenters. The molecular weight excluding hydrogens is 266 g/mol. The van der Waals surface area contributed by atoms with E-state index >= 15 is 0 Å². The molecule has 3 N–H and O–H groups in total. The van der Waals surface area contributed by atoms with E-state index in [1.807, 2.05) is 0 Å². The molecule has 19 heavy (non-hydrogen) atoms. The summed E-state index contributed by atoms with van der Waals surface area (Å²) < 4.78 is 25.9. The van der Waals surface area contributed by atoms with E-state index in [2.05, 4.69) is 15.4 Å². The zero-order chi connectivity index (χ0) is 14.6. The maximum atomic E-state index is 11.8. The molecule has 106 valence electrons. The summed E-state index contributed by atoms with van der Waals surface area (Å²) in [5, 5.41) is 5.47. The van der Waals surface area contributed by atoms with E-state index in [0.29, 0.717) is 11.3 Å². The van der Waals surface area contributed by atoms with Crippen molar-refractivity contribution in [3.8, 4) is 0 Å². The Labute approximate surface area is 113 Å². The van der Waals surface area contributed by atoms with Gasteiger partial charge in [-0.1, -0.05) is 6.07 Å². The van der Waals surface area contributed by atoms with Crippen LogP contribution in [0.15, 0.2) is 23.1 Å². The number of likely N-dealkylation sites (N-methyl/N-ethyl adjacent to an activating group) is 1. The summed E-state index contributed by atoms with van der Waals surface area (Å²) in [6.07, 6.45) is 0. The first-order chi connectivity index (χ1) is 8.81. The molecule has 1 rings (SSSR count). The molecule has 6 nitrogen and oxygen atoms in total. The van der Waals surface area contributed by atoms with Crippen LogP contribution in [0, 0.1) is 6.92 Å². The van der Waals surface area contributed by atoms with E-state index in [-0.39, 0.29) is 16.8 Å². The fourth-order valence-electron chi connectivity index (χ4n) is 1.46. The third-order valence-corrected chi connectivity index (χ3v) is 4.40. The number of carbonyl (C=O) groups excluding carboxylic acids is 1. The Balaban J connectivity index is 3.07.